The molecule has 0 aliphatic carbocycles. The van der Waals surface area contributed by atoms with Crippen LogP contribution in [0.15, 0.2) is 52.1 Å². The Morgan fingerprint density at radius 3 is 2.41 bits per heavy atom. The number of benzene rings is 1. The summed E-state index contributed by atoms with van der Waals surface area (Å²) >= 11 is 0. The average Bonchev–Trinajstić information content (AvgIpc) is 2.53. The number of nitrogens with zero attached hydrogens (tertiary/aromatic N) is 1. The molecular weight excluding hydrogens is 284 g/mol. The maximum atomic E-state index is 12.2. The summed E-state index contributed by atoms with van der Waals surface area (Å²) in [6.07, 6.45) is 0. The van der Waals surface area contributed by atoms with Crippen molar-refractivity contribution in [2.75, 3.05) is 14.2 Å². The summed E-state index contributed by atoms with van der Waals surface area (Å²) in [6, 6.07) is 11.3. The number of nitrogens with one attached hydrogen (secondary N) is 1. The standard InChI is InChI=1S/C16H14N2O4/c1-21-12-7-6-10(8-13(12)22-2)11-9-16(20)18-14(17-11)4-3-5-15(18)19/h3-9,17H,1-2H3. The van der Waals surface area contributed by atoms with Crippen molar-refractivity contribution in [1.82, 2.24) is 9.38 Å². The summed E-state index contributed by atoms with van der Waals surface area (Å²) in [5, 5.41) is 0. The van der Waals surface area contributed by atoms with Gasteiger partial charge in [0, 0.05) is 17.7 Å². The number of methoxy groups -OCH3 is 2. The lowest BCUT2D eigenvalue weighted by atomic mass is 10.1. The fourth-order valence-corrected chi connectivity index (χ4v) is 2.34. The predicted octanol–water partition coefficient (Wildman–Crippen LogP) is 1.67. The van der Waals surface area contributed by atoms with E-state index in [0.717, 1.165) is 9.96 Å². The second kappa shape index (κ2) is 5.40. The minimum Gasteiger partial charge on any atom is -0.493 e. The number of H-pyrrole nitrogens is 1. The highest BCUT2D eigenvalue weighted by Crippen LogP contribution is 2.31. The van der Waals surface area contributed by atoms with Crippen molar-refractivity contribution in [3.63, 3.8) is 0 Å². The summed E-state index contributed by atoms with van der Waals surface area (Å²) in [5.41, 5.74) is 1.04. The fourth-order valence-electron chi connectivity index (χ4n) is 2.34. The van der Waals surface area contributed by atoms with Crippen molar-refractivity contribution in [3.05, 3.63) is 63.2 Å². The number of hydrogen-bond donors (Lipinski definition) is 1. The SMILES string of the molecule is COc1ccc(-c2cc(=O)n3c(=O)cccc3[nH]2)cc1OC. The van der Waals surface area contributed by atoms with Crippen LogP contribution in [0.3, 0.4) is 0 Å². The number of ether oxygens (including phenoxy) is 2. The predicted molar refractivity (Wildman–Crippen MR) is 82.8 cm³/mol. The van der Waals surface area contributed by atoms with Crippen molar-refractivity contribution in [2.24, 2.45) is 0 Å². The van der Waals surface area contributed by atoms with Gasteiger partial charge in [-0.2, -0.15) is 0 Å². The number of aromatic amines is 1. The number of pyridine rings is 1. The zero-order valence-corrected chi connectivity index (χ0v) is 12.1. The third kappa shape index (κ3) is 2.24. The maximum Gasteiger partial charge on any atom is 0.261 e. The van der Waals surface area contributed by atoms with Crippen LogP contribution in [0.2, 0.25) is 0 Å². The molecule has 3 aromatic rings. The Morgan fingerprint density at radius 2 is 1.68 bits per heavy atom. The van der Waals surface area contributed by atoms with E-state index in [1.165, 1.54) is 12.1 Å². The van der Waals surface area contributed by atoms with Crippen LogP contribution < -0.4 is 20.6 Å². The Morgan fingerprint density at radius 1 is 0.909 bits per heavy atom. The van der Waals surface area contributed by atoms with Gasteiger partial charge in [-0.05, 0) is 24.3 Å². The van der Waals surface area contributed by atoms with Crippen LogP contribution in [0, 0.1) is 0 Å². The minimum atomic E-state index is -0.385. The first-order chi connectivity index (χ1) is 10.6. The van der Waals surface area contributed by atoms with E-state index in [-0.39, 0.29) is 11.1 Å². The Balaban J connectivity index is 2.23. The topological polar surface area (TPSA) is 72.8 Å². The fraction of sp³-hybridized carbons (Fsp3) is 0.125. The van der Waals surface area contributed by atoms with Gasteiger partial charge in [0.05, 0.1) is 19.9 Å². The highest BCUT2D eigenvalue weighted by atomic mass is 16.5. The number of fused-ring (bicyclic) bond motifs is 1. The molecule has 0 saturated carbocycles. The van der Waals surface area contributed by atoms with E-state index in [2.05, 4.69) is 4.98 Å². The third-order valence-electron chi connectivity index (χ3n) is 3.40. The van der Waals surface area contributed by atoms with Gasteiger partial charge in [0.1, 0.15) is 5.65 Å². The van der Waals surface area contributed by atoms with Crippen LogP contribution >= 0.6 is 0 Å². The third-order valence-corrected chi connectivity index (χ3v) is 3.40. The summed E-state index contributed by atoms with van der Waals surface area (Å²) in [7, 11) is 3.10. The van der Waals surface area contributed by atoms with E-state index >= 15 is 0 Å². The molecule has 0 radical (unpaired) electrons. The van der Waals surface area contributed by atoms with Gasteiger partial charge in [-0.15, -0.1) is 0 Å². The Labute approximate surface area is 125 Å². The molecule has 0 fully saturated rings. The first-order valence-electron chi connectivity index (χ1n) is 6.61. The molecule has 6 heteroatoms. The van der Waals surface area contributed by atoms with Gasteiger partial charge in [0.15, 0.2) is 11.5 Å². The van der Waals surface area contributed by atoms with Gasteiger partial charge < -0.3 is 14.5 Å². The Kier molecular flexibility index (Phi) is 3.42. The molecule has 0 spiro atoms. The van der Waals surface area contributed by atoms with Crippen LogP contribution in [0.5, 0.6) is 11.5 Å². The number of hydrogen-bond acceptors (Lipinski definition) is 4. The average molecular weight is 298 g/mol. The highest BCUT2D eigenvalue weighted by Gasteiger charge is 2.09. The molecular formula is C16H14N2O4. The normalized spacial score (nSPS) is 10.6. The van der Waals surface area contributed by atoms with Crippen molar-refractivity contribution >= 4 is 5.65 Å². The molecule has 2 heterocycles. The van der Waals surface area contributed by atoms with Crippen molar-refractivity contribution in [2.45, 2.75) is 0 Å². The van der Waals surface area contributed by atoms with Crippen LogP contribution in [-0.2, 0) is 0 Å². The molecule has 0 saturated heterocycles. The van der Waals surface area contributed by atoms with E-state index in [0.29, 0.717) is 22.8 Å². The summed E-state index contributed by atoms with van der Waals surface area (Å²) in [4.78, 5) is 27.0. The monoisotopic (exact) mass is 298 g/mol. The lowest BCUT2D eigenvalue weighted by Crippen LogP contribution is -2.26. The van der Waals surface area contributed by atoms with E-state index in [1.54, 1.807) is 38.5 Å². The number of rotatable bonds is 3. The van der Waals surface area contributed by atoms with Gasteiger partial charge in [0.2, 0.25) is 0 Å². The van der Waals surface area contributed by atoms with Gasteiger partial charge >= 0.3 is 0 Å². The molecule has 0 atom stereocenters. The smallest absolute Gasteiger partial charge is 0.261 e. The van der Waals surface area contributed by atoms with Gasteiger partial charge in [0.25, 0.3) is 11.1 Å². The first kappa shape index (κ1) is 13.9. The molecule has 0 amide bonds. The van der Waals surface area contributed by atoms with E-state index in [9.17, 15) is 9.59 Å². The highest BCUT2D eigenvalue weighted by molar-refractivity contribution is 5.65. The van der Waals surface area contributed by atoms with Crippen molar-refractivity contribution in [1.29, 1.82) is 0 Å². The molecule has 0 aliphatic rings. The van der Waals surface area contributed by atoms with Gasteiger partial charge in [-0.3, -0.25) is 9.59 Å². The van der Waals surface area contributed by atoms with Crippen molar-refractivity contribution < 1.29 is 9.47 Å². The lowest BCUT2D eigenvalue weighted by Gasteiger charge is -2.10. The van der Waals surface area contributed by atoms with Crippen LogP contribution in [0.1, 0.15) is 0 Å². The molecule has 3 rings (SSSR count). The quantitative estimate of drug-likeness (QED) is 0.798. The Hall–Kier alpha value is -3.02. The molecule has 1 aromatic carbocycles. The second-order valence-corrected chi connectivity index (χ2v) is 4.68. The van der Waals surface area contributed by atoms with Crippen LogP contribution in [-0.4, -0.2) is 23.6 Å². The first-order valence-corrected chi connectivity index (χ1v) is 6.61. The molecule has 0 aliphatic heterocycles. The van der Waals surface area contributed by atoms with E-state index < -0.39 is 0 Å². The molecule has 1 N–H and O–H groups in total. The Bertz CT molecular complexity index is 956. The minimum absolute atomic E-state index is 0.363. The molecule has 22 heavy (non-hydrogen) atoms. The van der Waals surface area contributed by atoms with E-state index in [4.69, 9.17) is 9.47 Å². The molecule has 6 nitrogen and oxygen atoms in total. The molecule has 2 aromatic heterocycles. The van der Waals surface area contributed by atoms with Crippen LogP contribution in [0.25, 0.3) is 16.9 Å². The maximum absolute atomic E-state index is 12.2. The zero-order chi connectivity index (χ0) is 15.7. The molecule has 0 bridgehead atoms. The second-order valence-electron chi connectivity index (χ2n) is 4.68. The summed E-state index contributed by atoms with van der Waals surface area (Å²) in [5.74, 6) is 1.16. The van der Waals surface area contributed by atoms with Crippen molar-refractivity contribution in [3.8, 4) is 22.8 Å². The zero-order valence-electron chi connectivity index (χ0n) is 12.1. The largest absolute Gasteiger partial charge is 0.493 e. The van der Waals surface area contributed by atoms with E-state index in [1.807, 2.05) is 6.07 Å². The molecule has 112 valence electrons. The molecule has 0 unspecified atom stereocenters. The van der Waals surface area contributed by atoms with Gasteiger partial charge in [-0.25, -0.2) is 4.40 Å². The summed E-state index contributed by atoms with van der Waals surface area (Å²) < 4.78 is 11.5. The van der Waals surface area contributed by atoms with Crippen LogP contribution in [0.4, 0.5) is 0 Å². The summed E-state index contributed by atoms with van der Waals surface area (Å²) in [6.45, 7) is 0. The number of aromatic nitrogens is 2. The van der Waals surface area contributed by atoms with Gasteiger partial charge in [-0.1, -0.05) is 6.07 Å². The lowest BCUT2D eigenvalue weighted by molar-refractivity contribution is 0.355.